The van der Waals surface area contributed by atoms with Crippen LogP contribution in [0.25, 0.3) is 0 Å². The maximum absolute atomic E-state index is 12.6. The lowest BCUT2D eigenvalue weighted by Gasteiger charge is -2.55. The molecule has 2 saturated carbocycles. The van der Waals surface area contributed by atoms with Crippen molar-refractivity contribution < 1.29 is 4.79 Å². The van der Waals surface area contributed by atoms with E-state index in [2.05, 4.69) is 45.6 Å². The number of aryl methyl sites for hydroxylation is 1. The van der Waals surface area contributed by atoms with Gasteiger partial charge in [-0.05, 0) is 37.2 Å². The van der Waals surface area contributed by atoms with Crippen molar-refractivity contribution in [2.75, 3.05) is 0 Å². The fourth-order valence-corrected chi connectivity index (χ4v) is 4.53. The van der Waals surface area contributed by atoms with E-state index < -0.39 is 0 Å². The number of fused-ring (bicyclic) bond motifs is 1. The Morgan fingerprint density at radius 1 is 1.04 bits per heavy atom. The lowest BCUT2D eigenvalue weighted by atomic mass is 9.53. The third-order valence-electron chi connectivity index (χ3n) is 5.68. The number of aromatic nitrogens is 2. The van der Waals surface area contributed by atoms with E-state index in [-0.39, 0.29) is 11.9 Å². The van der Waals surface area contributed by atoms with Crippen LogP contribution in [0, 0.1) is 18.8 Å². The van der Waals surface area contributed by atoms with E-state index in [0.717, 1.165) is 5.69 Å². The number of nitrogens with zero attached hydrogens (tertiary/aromatic N) is 2. The van der Waals surface area contributed by atoms with E-state index in [9.17, 15) is 4.79 Å². The van der Waals surface area contributed by atoms with Gasteiger partial charge in [0.2, 0.25) is 0 Å². The molecule has 1 aromatic heterocycles. The zero-order valence-corrected chi connectivity index (χ0v) is 14.0. The van der Waals surface area contributed by atoms with E-state index >= 15 is 0 Å². The SMILES string of the molecule is Cc1cnc(C(=O)N[C@H]2[C@H]3CCCC[C@H]3[C@@H]2c2ccccc2)cn1. The predicted octanol–water partition coefficient (Wildman–Crippen LogP) is 3.49. The molecular weight excluding hydrogens is 298 g/mol. The van der Waals surface area contributed by atoms with Gasteiger partial charge in [-0.1, -0.05) is 43.2 Å². The first kappa shape index (κ1) is 15.3. The van der Waals surface area contributed by atoms with Crippen LogP contribution in [-0.4, -0.2) is 21.9 Å². The lowest BCUT2D eigenvalue weighted by molar-refractivity contribution is 0.0250. The van der Waals surface area contributed by atoms with Gasteiger partial charge < -0.3 is 5.32 Å². The number of carbonyl (C=O) groups excluding carboxylic acids is 1. The third kappa shape index (κ3) is 2.70. The minimum absolute atomic E-state index is 0.0996. The summed E-state index contributed by atoms with van der Waals surface area (Å²) in [6, 6.07) is 10.8. The van der Waals surface area contributed by atoms with E-state index in [1.54, 1.807) is 12.4 Å². The highest BCUT2D eigenvalue weighted by atomic mass is 16.2. The predicted molar refractivity (Wildman–Crippen MR) is 92.7 cm³/mol. The first-order valence-electron chi connectivity index (χ1n) is 8.88. The lowest BCUT2D eigenvalue weighted by Crippen LogP contribution is -2.59. The van der Waals surface area contributed by atoms with E-state index in [4.69, 9.17) is 0 Å². The second kappa shape index (κ2) is 6.34. The number of rotatable bonds is 3. The van der Waals surface area contributed by atoms with Crippen molar-refractivity contribution in [3.05, 3.63) is 59.7 Å². The molecular formula is C20H23N3O. The molecule has 2 aromatic rings. The van der Waals surface area contributed by atoms with Gasteiger partial charge in [-0.25, -0.2) is 4.98 Å². The van der Waals surface area contributed by atoms with Gasteiger partial charge in [-0.15, -0.1) is 0 Å². The summed E-state index contributed by atoms with van der Waals surface area (Å²) >= 11 is 0. The fourth-order valence-electron chi connectivity index (χ4n) is 4.53. The summed E-state index contributed by atoms with van der Waals surface area (Å²) in [5.74, 6) is 1.64. The molecule has 24 heavy (non-hydrogen) atoms. The van der Waals surface area contributed by atoms with Crippen LogP contribution in [0.1, 0.15) is 53.3 Å². The summed E-state index contributed by atoms with van der Waals surface area (Å²) in [6.45, 7) is 1.87. The van der Waals surface area contributed by atoms with Gasteiger partial charge in [0.25, 0.3) is 5.91 Å². The van der Waals surface area contributed by atoms with Crippen molar-refractivity contribution in [3.8, 4) is 0 Å². The van der Waals surface area contributed by atoms with Crippen LogP contribution in [0.15, 0.2) is 42.7 Å². The Labute approximate surface area is 142 Å². The zero-order chi connectivity index (χ0) is 16.5. The van der Waals surface area contributed by atoms with Crippen LogP contribution in [0.2, 0.25) is 0 Å². The molecule has 2 aliphatic carbocycles. The van der Waals surface area contributed by atoms with Crippen molar-refractivity contribution in [1.82, 2.24) is 15.3 Å². The number of carbonyl (C=O) groups is 1. The maximum atomic E-state index is 12.6. The number of amides is 1. The Bertz CT molecular complexity index is 713. The summed E-state index contributed by atoms with van der Waals surface area (Å²) in [6.07, 6.45) is 8.31. The van der Waals surface area contributed by atoms with Crippen molar-refractivity contribution in [2.45, 2.75) is 44.6 Å². The molecule has 0 radical (unpaired) electrons. The van der Waals surface area contributed by atoms with E-state index in [1.165, 1.54) is 31.2 Å². The number of hydrogen-bond acceptors (Lipinski definition) is 3. The van der Waals surface area contributed by atoms with Gasteiger partial charge in [0, 0.05) is 18.2 Å². The average Bonchev–Trinajstić information content (AvgIpc) is 2.61. The Hall–Kier alpha value is -2.23. The van der Waals surface area contributed by atoms with Gasteiger partial charge in [0.1, 0.15) is 5.69 Å². The highest BCUT2D eigenvalue weighted by Crippen LogP contribution is 2.54. The van der Waals surface area contributed by atoms with Gasteiger partial charge in [0.05, 0.1) is 11.9 Å². The van der Waals surface area contributed by atoms with Crippen LogP contribution in [0.5, 0.6) is 0 Å². The first-order chi connectivity index (χ1) is 11.7. The molecule has 0 aliphatic heterocycles. The molecule has 2 aliphatic rings. The molecule has 4 rings (SSSR count). The van der Waals surface area contributed by atoms with Crippen LogP contribution < -0.4 is 5.32 Å². The summed E-state index contributed by atoms with van der Waals surface area (Å²) < 4.78 is 0. The van der Waals surface area contributed by atoms with Gasteiger partial charge in [0.15, 0.2) is 0 Å². The number of hydrogen-bond donors (Lipinski definition) is 1. The minimum Gasteiger partial charge on any atom is -0.347 e. The molecule has 0 saturated heterocycles. The van der Waals surface area contributed by atoms with Crippen molar-refractivity contribution >= 4 is 5.91 Å². The number of nitrogens with one attached hydrogen (secondary N) is 1. The molecule has 124 valence electrons. The smallest absolute Gasteiger partial charge is 0.271 e. The molecule has 4 atom stereocenters. The normalized spacial score (nSPS) is 28.5. The summed E-state index contributed by atoms with van der Waals surface area (Å²) in [4.78, 5) is 21.0. The first-order valence-corrected chi connectivity index (χ1v) is 8.88. The topological polar surface area (TPSA) is 54.9 Å². The second-order valence-corrected chi connectivity index (χ2v) is 7.09. The minimum atomic E-state index is -0.0996. The van der Waals surface area contributed by atoms with Crippen molar-refractivity contribution in [2.24, 2.45) is 11.8 Å². The Balaban J connectivity index is 1.55. The molecule has 1 aromatic carbocycles. The quantitative estimate of drug-likeness (QED) is 0.941. The zero-order valence-electron chi connectivity index (χ0n) is 14.0. The highest BCUT2D eigenvalue weighted by molar-refractivity contribution is 5.92. The molecule has 4 heteroatoms. The molecule has 0 bridgehead atoms. The molecule has 0 unspecified atom stereocenters. The Morgan fingerprint density at radius 2 is 1.79 bits per heavy atom. The van der Waals surface area contributed by atoms with Crippen LogP contribution in [0.3, 0.4) is 0 Å². The van der Waals surface area contributed by atoms with E-state index in [1.807, 2.05) is 6.92 Å². The Morgan fingerprint density at radius 3 is 2.50 bits per heavy atom. The van der Waals surface area contributed by atoms with Gasteiger partial charge >= 0.3 is 0 Å². The maximum Gasteiger partial charge on any atom is 0.271 e. The molecule has 1 heterocycles. The molecule has 0 spiro atoms. The third-order valence-corrected chi connectivity index (χ3v) is 5.68. The molecule has 1 amide bonds. The van der Waals surface area contributed by atoms with Gasteiger partial charge in [-0.2, -0.15) is 0 Å². The molecule has 4 nitrogen and oxygen atoms in total. The standard InChI is InChI=1S/C20H23N3O/c1-13-11-22-17(12-21-13)20(24)23-19-16-10-6-5-9-15(16)18(19)14-7-3-2-4-8-14/h2-4,7-8,11-12,15-16,18-19H,5-6,9-10H2,1H3,(H,23,24)/t15-,16+,18+,19+/m1/s1. The highest BCUT2D eigenvalue weighted by Gasteiger charge is 2.51. The summed E-state index contributed by atoms with van der Waals surface area (Å²) in [5.41, 5.74) is 2.58. The van der Waals surface area contributed by atoms with Crippen molar-refractivity contribution in [3.63, 3.8) is 0 Å². The van der Waals surface area contributed by atoms with Crippen LogP contribution in [-0.2, 0) is 0 Å². The van der Waals surface area contributed by atoms with Crippen LogP contribution in [0.4, 0.5) is 0 Å². The Kier molecular flexibility index (Phi) is 4.05. The number of benzene rings is 1. The monoisotopic (exact) mass is 321 g/mol. The fraction of sp³-hybridized carbons (Fsp3) is 0.450. The van der Waals surface area contributed by atoms with E-state index in [0.29, 0.717) is 23.4 Å². The second-order valence-electron chi connectivity index (χ2n) is 7.09. The largest absolute Gasteiger partial charge is 0.347 e. The molecule has 1 N–H and O–H groups in total. The molecule has 2 fully saturated rings. The van der Waals surface area contributed by atoms with Crippen molar-refractivity contribution in [1.29, 1.82) is 0 Å². The van der Waals surface area contributed by atoms with Crippen LogP contribution >= 0.6 is 0 Å². The average molecular weight is 321 g/mol. The summed E-state index contributed by atoms with van der Waals surface area (Å²) in [7, 11) is 0. The van der Waals surface area contributed by atoms with Gasteiger partial charge in [-0.3, -0.25) is 9.78 Å². The summed E-state index contributed by atoms with van der Waals surface area (Å²) in [5, 5.41) is 3.26.